The predicted molar refractivity (Wildman–Crippen MR) is 58.6 cm³/mol. The SMILES string of the molecule is O=S(O)C(F)c1cccc2ccccc12. The first-order valence-electron chi connectivity index (χ1n) is 4.41. The van der Waals surface area contributed by atoms with E-state index in [0.717, 1.165) is 5.39 Å². The van der Waals surface area contributed by atoms with Gasteiger partial charge in [0.05, 0.1) is 0 Å². The van der Waals surface area contributed by atoms with Crippen LogP contribution in [0.15, 0.2) is 42.5 Å². The second-order valence-corrected chi connectivity index (χ2v) is 4.13. The zero-order chi connectivity index (χ0) is 10.8. The van der Waals surface area contributed by atoms with E-state index in [1.165, 1.54) is 6.07 Å². The van der Waals surface area contributed by atoms with Crippen molar-refractivity contribution in [2.45, 2.75) is 5.50 Å². The third kappa shape index (κ3) is 1.91. The van der Waals surface area contributed by atoms with E-state index in [0.29, 0.717) is 5.39 Å². The quantitative estimate of drug-likeness (QED) is 0.796. The molecule has 2 atom stereocenters. The van der Waals surface area contributed by atoms with Crippen molar-refractivity contribution in [1.82, 2.24) is 0 Å². The minimum absolute atomic E-state index is 0.258. The molecule has 0 amide bonds. The zero-order valence-corrected chi connectivity index (χ0v) is 8.58. The minimum Gasteiger partial charge on any atom is -0.304 e. The molecule has 2 rings (SSSR count). The molecule has 0 spiro atoms. The van der Waals surface area contributed by atoms with Crippen molar-refractivity contribution >= 4 is 21.9 Å². The number of halogens is 1. The van der Waals surface area contributed by atoms with Crippen LogP contribution in [0.2, 0.25) is 0 Å². The van der Waals surface area contributed by atoms with E-state index in [-0.39, 0.29) is 5.56 Å². The summed E-state index contributed by atoms with van der Waals surface area (Å²) in [7, 11) is 0. The fraction of sp³-hybridized carbons (Fsp3) is 0.0909. The minimum atomic E-state index is -2.48. The van der Waals surface area contributed by atoms with Crippen LogP contribution in [0, 0.1) is 0 Å². The van der Waals surface area contributed by atoms with Crippen LogP contribution in [-0.2, 0) is 11.1 Å². The first-order valence-corrected chi connectivity index (χ1v) is 5.58. The maximum atomic E-state index is 13.4. The summed E-state index contributed by atoms with van der Waals surface area (Å²) in [6.07, 6.45) is 0. The Morgan fingerprint density at radius 1 is 1.13 bits per heavy atom. The van der Waals surface area contributed by atoms with Gasteiger partial charge in [0.15, 0.2) is 11.1 Å². The van der Waals surface area contributed by atoms with Crippen LogP contribution in [0.25, 0.3) is 10.8 Å². The largest absolute Gasteiger partial charge is 0.304 e. The summed E-state index contributed by atoms with van der Waals surface area (Å²) < 4.78 is 32.8. The molecular formula is C11H9FO2S. The van der Waals surface area contributed by atoms with Gasteiger partial charge in [-0.1, -0.05) is 42.5 Å². The van der Waals surface area contributed by atoms with Crippen molar-refractivity contribution in [2.24, 2.45) is 0 Å². The molecule has 0 saturated heterocycles. The molecular weight excluding hydrogens is 215 g/mol. The van der Waals surface area contributed by atoms with Crippen molar-refractivity contribution in [1.29, 1.82) is 0 Å². The van der Waals surface area contributed by atoms with Crippen molar-refractivity contribution in [3.63, 3.8) is 0 Å². The highest BCUT2D eigenvalue weighted by atomic mass is 32.2. The number of hydrogen-bond acceptors (Lipinski definition) is 1. The van der Waals surface area contributed by atoms with Crippen LogP contribution in [0.5, 0.6) is 0 Å². The second kappa shape index (κ2) is 4.08. The molecule has 2 nitrogen and oxygen atoms in total. The first-order chi connectivity index (χ1) is 7.20. The van der Waals surface area contributed by atoms with E-state index in [1.54, 1.807) is 18.2 Å². The van der Waals surface area contributed by atoms with E-state index < -0.39 is 16.6 Å². The lowest BCUT2D eigenvalue weighted by Gasteiger charge is -2.07. The van der Waals surface area contributed by atoms with E-state index in [2.05, 4.69) is 0 Å². The van der Waals surface area contributed by atoms with Crippen molar-refractivity contribution < 1.29 is 13.2 Å². The van der Waals surface area contributed by atoms with Crippen molar-refractivity contribution in [3.05, 3.63) is 48.0 Å². The normalized spacial score (nSPS) is 15.1. The van der Waals surface area contributed by atoms with Gasteiger partial charge in [-0.15, -0.1) is 0 Å². The molecule has 0 heterocycles. The first kappa shape index (κ1) is 10.3. The van der Waals surface area contributed by atoms with Gasteiger partial charge >= 0.3 is 0 Å². The molecule has 0 aliphatic heterocycles. The average molecular weight is 224 g/mol. The number of benzene rings is 2. The maximum absolute atomic E-state index is 13.4. The third-order valence-corrected chi connectivity index (χ3v) is 2.85. The van der Waals surface area contributed by atoms with Crippen molar-refractivity contribution in [2.75, 3.05) is 0 Å². The lowest BCUT2D eigenvalue weighted by atomic mass is 10.1. The molecule has 2 aromatic rings. The highest BCUT2D eigenvalue weighted by molar-refractivity contribution is 7.79. The van der Waals surface area contributed by atoms with Gasteiger partial charge in [-0.2, -0.15) is 0 Å². The number of alkyl halides is 1. The molecule has 1 N–H and O–H groups in total. The zero-order valence-electron chi connectivity index (χ0n) is 7.76. The molecule has 78 valence electrons. The highest BCUT2D eigenvalue weighted by Crippen LogP contribution is 2.28. The summed E-state index contributed by atoms with van der Waals surface area (Å²) in [5, 5.41) is 1.54. The van der Waals surface area contributed by atoms with Gasteiger partial charge in [0.25, 0.3) is 0 Å². The predicted octanol–water partition coefficient (Wildman–Crippen LogP) is 3.03. The van der Waals surface area contributed by atoms with Crippen LogP contribution in [-0.4, -0.2) is 8.76 Å². The Kier molecular flexibility index (Phi) is 2.79. The van der Waals surface area contributed by atoms with Gasteiger partial charge in [-0.05, 0) is 10.8 Å². The summed E-state index contributed by atoms with van der Waals surface area (Å²) in [5.41, 5.74) is -1.59. The summed E-state index contributed by atoms with van der Waals surface area (Å²) in [6, 6.07) is 12.2. The Balaban J connectivity index is 2.65. The van der Waals surface area contributed by atoms with Crippen molar-refractivity contribution in [3.8, 4) is 0 Å². The Morgan fingerprint density at radius 3 is 2.53 bits per heavy atom. The van der Waals surface area contributed by atoms with Gasteiger partial charge in [-0.3, -0.25) is 0 Å². The number of fused-ring (bicyclic) bond motifs is 1. The smallest absolute Gasteiger partial charge is 0.225 e. The molecule has 0 aliphatic rings. The lowest BCUT2D eigenvalue weighted by molar-refractivity contribution is 0.421. The van der Waals surface area contributed by atoms with Crippen LogP contribution < -0.4 is 0 Å². The van der Waals surface area contributed by atoms with Crippen LogP contribution in [0.4, 0.5) is 4.39 Å². The molecule has 0 fully saturated rings. The van der Waals surface area contributed by atoms with Gasteiger partial charge < -0.3 is 4.55 Å². The summed E-state index contributed by atoms with van der Waals surface area (Å²) in [6.45, 7) is 0. The fourth-order valence-electron chi connectivity index (χ4n) is 1.56. The molecule has 4 heteroatoms. The molecule has 0 aliphatic carbocycles. The Morgan fingerprint density at radius 2 is 1.80 bits per heavy atom. The highest BCUT2D eigenvalue weighted by Gasteiger charge is 2.17. The summed E-state index contributed by atoms with van der Waals surface area (Å²) >= 11 is -2.48. The molecule has 0 saturated carbocycles. The average Bonchev–Trinajstić information content (AvgIpc) is 2.27. The third-order valence-electron chi connectivity index (χ3n) is 2.24. The molecule has 15 heavy (non-hydrogen) atoms. The summed E-state index contributed by atoms with van der Waals surface area (Å²) in [5.74, 6) is 0. The Bertz CT molecular complexity index is 507. The fourth-order valence-corrected chi connectivity index (χ4v) is 1.98. The topological polar surface area (TPSA) is 37.3 Å². The number of rotatable bonds is 2. The Labute approximate surface area is 89.0 Å². The lowest BCUT2D eigenvalue weighted by Crippen LogP contribution is -1.99. The van der Waals surface area contributed by atoms with E-state index in [9.17, 15) is 8.60 Å². The molecule has 2 unspecified atom stereocenters. The molecule has 2 aromatic carbocycles. The van der Waals surface area contributed by atoms with Gasteiger partial charge in [0.2, 0.25) is 5.50 Å². The van der Waals surface area contributed by atoms with E-state index in [4.69, 9.17) is 4.55 Å². The molecule has 0 radical (unpaired) electrons. The van der Waals surface area contributed by atoms with E-state index in [1.807, 2.05) is 18.2 Å². The van der Waals surface area contributed by atoms with Gasteiger partial charge in [-0.25, -0.2) is 8.60 Å². The van der Waals surface area contributed by atoms with E-state index >= 15 is 0 Å². The monoisotopic (exact) mass is 224 g/mol. The van der Waals surface area contributed by atoms with Crippen LogP contribution in [0.1, 0.15) is 11.1 Å². The molecule has 0 bridgehead atoms. The van der Waals surface area contributed by atoms with Gasteiger partial charge in [0, 0.05) is 5.56 Å². The summed E-state index contributed by atoms with van der Waals surface area (Å²) in [4.78, 5) is 0. The van der Waals surface area contributed by atoms with Gasteiger partial charge in [0.1, 0.15) is 0 Å². The molecule has 0 aromatic heterocycles. The standard InChI is InChI=1S/C11H9FO2S/c12-11(15(13)14)10-7-3-5-8-4-1-2-6-9(8)10/h1-7,11H,(H,13,14). The van der Waals surface area contributed by atoms with Crippen LogP contribution >= 0.6 is 0 Å². The maximum Gasteiger partial charge on any atom is 0.225 e. The second-order valence-electron chi connectivity index (χ2n) is 3.16. The number of hydrogen-bond donors (Lipinski definition) is 1. The Hall–Kier alpha value is -1.26. The van der Waals surface area contributed by atoms with Crippen LogP contribution in [0.3, 0.4) is 0 Å².